The summed E-state index contributed by atoms with van der Waals surface area (Å²) in [7, 11) is 2.07. The normalized spacial score (nSPS) is 11.0. The summed E-state index contributed by atoms with van der Waals surface area (Å²) in [5.74, 6) is 0. The minimum Gasteiger partial charge on any atom is -0.328 e. The Morgan fingerprint density at radius 1 is 1.29 bits per heavy atom. The molecule has 0 unspecified atom stereocenters. The molecule has 0 radical (unpaired) electrons. The van der Waals surface area contributed by atoms with Gasteiger partial charge in [-0.1, -0.05) is 30.1 Å². The first-order valence-electron chi connectivity index (χ1n) is 6.52. The van der Waals surface area contributed by atoms with Gasteiger partial charge in [-0.25, -0.2) is 4.98 Å². The van der Waals surface area contributed by atoms with Gasteiger partial charge in [-0.2, -0.15) is 4.98 Å². The van der Waals surface area contributed by atoms with Crippen LogP contribution in [0.15, 0.2) is 42.7 Å². The molecule has 0 aliphatic carbocycles. The fraction of sp³-hybridized carbons (Fsp3) is 0.200. The van der Waals surface area contributed by atoms with Gasteiger partial charge in [0.25, 0.3) is 0 Å². The Kier molecular flexibility index (Phi) is 4.03. The fourth-order valence-electron chi connectivity index (χ4n) is 2.31. The number of anilines is 1. The summed E-state index contributed by atoms with van der Waals surface area (Å²) in [6.07, 6.45) is 5.83. The summed E-state index contributed by atoms with van der Waals surface area (Å²) in [5.41, 5.74) is 3.30. The molecule has 3 rings (SSSR count). The van der Waals surface area contributed by atoms with Crippen LogP contribution in [0.4, 0.5) is 5.69 Å². The summed E-state index contributed by atoms with van der Waals surface area (Å²) in [5, 5.41) is 1.27. The molecule has 0 aliphatic rings. The number of hydrogen-bond donors (Lipinski definition) is 0. The van der Waals surface area contributed by atoms with Gasteiger partial charge in [0.05, 0.1) is 12.2 Å². The zero-order chi connectivity index (χ0) is 14.8. The highest BCUT2D eigenvalue weighted by Gasteiger charge is 2.09. The maximum atomic E-state index is 5.91. The van der Waals surface area contributed by atoms with E-state index in [9.17, 15) is 0 Å². The molecule has 0 N–H and O–H groups in total. The number of hydrogen-bond acceptors (Lipinski definition) is 4. The lowest BCUT2D eigenvalue weighted by atomic mass is 10.2. The topological polar surface area (TPSA) is 34.0 Å². The number of nitrogens with zero attached hydrogens (tertiary/aromatic N) is 4. The van der Waals surface area contributed by atoms with Crippen LogP contribution in [0.25, 0.3) is 11.0 Å². The van der Waals surface area contributed by atoms with E-state index in [1.165, 1.54) is 11.3 Å². The van der Waals surface area contributed by atoms with E-state index in [4.69, 9.17) is 11.6 Å². The van der Waals surface area contributed by atoms with E-state index < -0.39 is 0 Å². The molecule has 0 fully saturated rings. The molecule has 21 heavy (non-hydrogen) atoms. The highest BCUT2D eigenvalue weighted by atomic mass is 35.5. The van der Waals surface area contributed by atoms with Crippen molar-refractivity contribution in [3.05, 3.63) is 53.6 Å². The predicted molar refractivity (Wildman–Crippen MR) is 90.0 cm³/mol. The van der Waals surface area contributed by atoms with E-state index in [-0.39, 0.29) is 5.28 Å². The van der Waals surface area contributed by atoms with Gasteiger partial charge in [0.1, 0.15) is 5.65 Å². The molecule has 4 nitrogen and oxygen atoms in total. The minimum atomic E-state index is 0.275. The van der Waals surface area contributed by atoms with Crippen molar-refractivity contribution < 1.29 is 0 Å². The molecule has 2 aromatic heterocycles. The van der Waals surface area contributed by atoms with Crippen molar-refractivity contribution in [1.82, 2.24) is 14.5 Å². The summed E-state index contributed by atoms with van der Waals surface area (Å²) in [6, 6.07) is 10.4. The lowest BCUT2D eigenvalue weighted by Gasteiger charge is -2.19. The third-order valence-electron chi connectivity index (χ3n) is 3.42. The Labute approximate surface area is 132 Å². The monoisotopic (exact) mass is 318 g/mol. The van der Waals surface area contributed by atoms with Gasteiger partial charge >= 0.3 is 0 Å². The number of rotatable bonds is 4. The van der Waals surface area contributed by atoms with Crippen molar-refractivity contribution in [3.63, 3.8) is 0 Å². The van der Waals surface area contributed by atoms with E-state index >= 15 is 0 Å². The molecule has 108 valence electrons. The molecule has 1 aromatic carbocycles. The quantitative estimate of drug-likeness (QED) is 0.540. The zero-order valence-corrected chi connectivity index (χ0v) is 13.4. The van der Waals surface area contributed by atoms with Crippen LogP contribution < -0.4 is 4.31 Å². The number of para-hydroxylation sites is 1. The molecular formula is C15H15ClN4S. The highest BCUT2D eigenvalue weighted by molar-refractivity contribution is 7.99. The molecule has 0 amide bonds. The molecule has 0 saturated carbocycles. The Bertz CT molecular complexity index is 771. The first-order chi connectivity index (χ1) is 10.2. The molecule has 0 saturated heterocycles. The van der Waals surface area contributed by atoms with Crippen LogP contribution in [0.1, 0.15) is 5.56 Å². The van der Waals surface area contributed by atoms with Crippen LogP contribution in [-0.4, -0.2) is 27.8 Å². The Morgan fingerprint density at radius 2 is 2.10 bits per heavy atom. The smallest absolute Gasteiger partial charge is 0.224 e. The lowest BCUT2D eigenvalue weighted by molar-refractivity contribution is 0.823. The molecule has 3 aromatic rings. The molecule has 6 heteroatoms. The van der Waals surface area contributed by atoms with Crippen LogP contribution >= 0.6 is 23.5 Å². The van der Waals surface area contributed by atoms with E-state index in [1.807, 2.05) is 12.3 Å². The molecule has 0 aliphatic heterocycles. The number of fused-ring (bicyclic) bond motifs is 1. The van der Waals surface area contributed by atoms with Crippen LogP contribution in [0, 0.1) is 0 Å². The first kappa shape index (κ1) is 14.2. The van der Waals surface area contributed by atoms with E-state index in [0.717, 1.165) is 17.6 Å². The molecule has 0 bridgehead atoms. The molecular weight excluding hydrogens is 304 g/mol. The van der Waals surface area contributed by atoms with Crippen LogP contribution in [0.2, 0.25) is 5.28 Å². The van der Waals surface area contributed by atoms with Crippen molar-refractivity contribution in [2.45, 2.75) is 6.54 Å². The number of benzene rings is 1. The van der Waals surface area contributed by atoms with Gasteiger partial charge in [-0.15, -0.1) is 0 Å². The van der Waals surface area contributed by atoms with Crippen molar-refractivity contribution in [1.29, 1.82) is 0 Å². The standard InChI is InChI=1S/C15H15ClN4S/c1-19(21-2)13-6-4-3-5-12(13)10-20-8-7-11-9-17-15(16)18-14(11)20/h3-9H,10H2,1-2H3. The number of aromatic nitrogens is 3. The van der Waals surface area contributed by atoms with Gasteiger partial charge in [0.15, 0.2) is 0 Å². The molecule has 2 heterocycles. The third-order valence-corrected chi connectivity index (χ3v) is 4.34. The largest absolute Gasteiger partial charge is 0.328 e. The van der Waals surface area contributed by atoms with Gasteiger partial charge < -0.3 is 8.87 Å². The average Bonchev–Trinajstić information content (AvgIpc) is 2.89. The third kappa shape index (κ3) is 2.84. The van der Waals surface area contributed by atoms with Crippen molar-refractivity contribution >= 4 is 40.3 Å². The Morgan fingerprint density at radius 3 is 2.90 bits per heavy atom. The van der Waals surface area contributed by atoms with Crippen LogP contribution in [-0.2, 0) is 6.54 Å². The highest BCUT2D eigenvalue weighted by Crippen LogP contribution is 2.25. The SMILES string of the molecule is CSN(C)c1ccccc1Cn1ccc2cnc(Cl)nc21. The van der Waals surface area contributed by atoms with Crippen molar-refractivity contribution in [2.24, 2.45) is 0 Å². The molecule has 0 spiro atoms. The Hall–Kier alpha value is -1.72. The Balaban J connectivity index is 2.01. The second-order valence-corrected chi connectivity index (χ2v) is 5.92. The van der Waals surface area contributed by atoms with E-state index in [0.29, 0.717) is 0 Å². The summed E-state index contributed by atoms with van der Waals surface area (Å²) < 4.78 is 4.25. The van der Waals surface area contributed by atoms with Crippen LogP contribution in [0.5, 0.6) is 0 Å². The second-order valence-electron chi connectivity index (χ2n) is 4.67. The van der Waals surface area contributed by atoms with E-state index in [1.54, 1.807) is 18.1 Å². The van der Waals surface area contributed by atoms with Gasteiger partial charge in [-0.05, 0) is 29.3 Å². The predicted octanol–water partition coefficient (Wildman–Crippen LogP) is 3.85. The van der Waals surface area contributed by atoms with Gasteiger partial charge in [0, 0.05) is 31.1 Å². The van der Waals surface area contributed by atoms with Crippen LogP contribution in [0.3, 0.4) is 0 Å². The maximum absolute atomic E-state index is 5.91. The fourth-order valence-corrected chi connectivity index (χ4v) is 2.81. The second kappa shape index (κ2) is 5.95. The van der Waals surface area contributed by atoms with Crippen molar-refractivity contribution in [3.8, 4) is 0 Å². The summed E-state index contributed by atoms with van der Waals surface area (Å²) in [4.78, 5) is 8.34. The summed E-state index contributed by atoms with van der Waals surface area (Å²) in [6.45, 7) is 0.748. The minimum absolute atomic E-state index is 0.275. The maximum Gasteiger partial charge on any atom is 0.224 e. The number of halogens is 1. The average molecular weight is 319 g/mol. The van der Waals surface area contributed by atoms with Gasteiger partial charge in [0.2, 0.25) is 5.28 Å². The molecule has 0 atom stereocenters. The summed E-state index contributed by atoms with van der Waals surface area (Å²) >= 11 is 7.60. The van der Waals surface area contributed by atoms with E-state index in [2.05, 4.69) is 56.4 Å². The lowest BCUT2D eigenvalue weighted by Crippen LogP contribution is -2.10. The van der Waals surface area contributed by atoms with Crippen molar-refractivity contribution in [2.75, 3.05) is 17.6 Å². The van der Waals surface area contributed by atoms with Gasteiger partial charge in [-0.3, -0.25) is 0 Å². The zero-order valence-electron chi connectivity index (χ0n) is 11.8. The first-order valence-corrected chi connectivity index (χ1v) is 8.08.